The average Bonchev–Trinajstić information content (AvgIpc) is 2.42. The summed E-state index contributed by atoms with van der Waals surface area (Å²) in [7, 11) is 1.25. The van der Waals surface area contributed by atoms with Crippen LogP contribution in [0.25, 0.3) is 10.8 Å². The Balaban J connectivity index is 2.66. The number of carboxylic acid groups (broad SMARTS) is 1. The van der Waals surface area contributed by atoms with Crippen LogP contribution in [0.15, 0.2) is 24.3 Å². The third kappa shape index (κ3) is 3.37. The molecule has 5 nitrogen and oxygen atoms in total. The van der Waals surface area contributed by atoms with Crippen molar-refractivity contribution in [3.05, 3.63) is 39.9 Å². The Morgan fingerprint density at radius 3 is 2.52 bits per heavy atom. The lowest BCUT2D eigenvalue weighted by atomic mass is 10.1. The van der Waals surface area contributed by atoms with E-state index in [4.69, 9.17) is 33.0 Å². The number of aliphatic carboxylic acids is 1. The molecule has 0 spiro atoms. The fourth-order valence-electron chi connectivity index (χ4n) is 1.88. The summed E-state index contributed by atoms with van der Waals surface area (Å²) in [6.07, 6.45) is 0. The van der Waals surface area contributed by atoms with Gasteiger partial charge in [0.1, 0.15) is 5.75 Å². The zero-order valence-corrected chi connectivity index (χ0v) is 12.4. The van der Waals surface area contributed by atoms with Gasteiger partial charge in [-0.1, -0.05) is 23.2 Å². The first-order valence-corrected chi connectivity index (χ1v) is 6.53. The highest BCUT2D eigenvalue weighted by molar-refractivity contribution is 6.39. The molecule has 0 aliphatic rings. The molecule has 0 aliphatic heterocycles. The van der Waals surface area contributed by atoms with Gasteiger partial charge < -0.3 is 14.6 Å². The zero-order valence-electron chi connectivity index (χ0n) is 10.9. The van der Waals surface area contributed by atoms with E-state index in [1.807, 2.05) is 0 Å². The maximum atomic E-state index is 11.7. The number of carbonyl (C=O) groups is 2. The molecule has 0 saturated carbocycles. The van der Waals surface area contributed by atoms with Crippen molar-refractivity contribution < 1.29 is 24.2 Å². The molecule has 0 bridgehead atoms. The number of rotatable bonds is 4. The summed E-state index contributed by atoms with van der Waals surface area (Å²) in [6.45, 7) is -0.557. The number of carbonyl (C=O) groups excluding carboxylic acids is 1. The van der Waals surface area contributed by atoms with Crippen LogP contribution >= 0.6 is 23.2 Å². The van der Waals surface area contributed by atoms with Crippen molar-refractivity contribution in [3.8, 4) is 5.75 Å². The Morgan fingerprint density at radius 1 is 1.19 bits per heavy atom. The summed E-state index contributed by atoms with van der Waals surface area (Å²) in [4.78, 5) is 22.3. The molecule has 0 saturated heterocycles. The molecule has 0 fully saturated rings. The lowest BCUT2D eigenvalue weighted by Crippen LogP contribution is -2.10. The maximum absolute atomic E-state index is 11.7. The molecule has 21 heavy (non-hydrogen) atoms. The van der Waals surface area contributed by atoms with E-state index in [0.717, 1.165) is 0 Å². The standard InChI is InChI=1S/C14H10Cl2O5/c1-20-14(19)8-2-7-3-9(15)5-10(16)13(7)11(4-8)21-6-12(17)18/h2-5H,6H2,1H3,(H,17,18). The number of halogens is 2. The normalized spacial score (nSPS) is 10.4. The first-order valence-electron chi connectivity index (χ1n) is 5.78. The number of ether oxygens (including phenoxy) is 2. The molecule has 0 aromatic heterocycles. The molecule has 7 heteroatoms. The van der Waals surface area contributed by atoms with E-state index < -0.39 is 18.5 Å². The largest absolute Gasteiger partial charge is 0.481 e. The van der Waals surface area contributed by atoms with E-state index in [1.54, 1.807) is 12.1 Å². The molecule has 2 rings (SSSR count). The molecule has 110 valence electrons. The topological polar surface area (TPSA) is 72.8 Å². The van der Waals surface area contributed by atoms with Crippen molar-refractivity contribution in [2.24, 2.45) is 0 Å². The van der Waals surface area contributed by atoms with Crippen molar-refractivity contribution in [3.63, 3.8) is 0 Å². The molecule has 0 unspecified atom stereocenters. The Morgan fingerprint density at radius 2 is 1.90 bits per heavy atom. The Hall–Kier alpha value is -1.98. The van der Waals surface area contributed by atoms with Crippen LogP contribution in [-0.4, -0.2) is 30.8 Å². The molecule has 0 atom stereocenters. The van der Waals surface area contributed by atoms with Crippen LogP contribution in [-0.2, 0) is 9.53 Å². The molecular formula is C14H10Cl2O5. The molecule has 2 aromatic rings. The van der Waals surface area contributed by atoms with Gasteiger partial charge in [-0.2, -0.15) is 0 Å². The summed E-state index contributed by atoms with van der Waals surface area (Å²) in [5.41, 5.74) is 0.212. The first-order chi connectivity index (χ1) is 9.92. The van der Waals surface area contributed by atoms with Crippen LogP contribution in [0.5, 0.6) is 5.75 Å². The minimum Gasteiger partial charge on any atom is -0.481 e. The van der Waals surface area contributed by atoms with E-state index in [2.05, 4.69) is 4.74 Å². The lowest BCUT2D eigenvalue weighted by molar-refractivity contribution is -0.139. The highest BCUT2D eigenvalue weighted by Gasteiger charge is 2.15. The van der Waals surface area contributed by atoms with Gasteiger partial charge in [0.2, 0.25) is 0 Å². The van der Waals surface area contributed by atoms with Gasteiger partial charge >= 0.3 is 11.9 Å². The molecule has 0 radical (unpaired) electrons. The van der Waals surface area contributed by atoms with Crippen molar-refractivity contribution in [2.45, 2.75) is 0 Å². The summed E-state index contributed by atoms with van der Waals surface area (Å²) in [5, 5.41) is 10.4. The number of hydrogen-bond donors (Lipinski definition) is 1. The molecule has 2 aromatic carbocycles. The fourth-order valence-corrected chi connectivity index (χ4v) is 2.48. The van der Waals surface area contributed by atoms with E-state index in [9.17, 15) is 9.59 Å². The highest BCUT2D eigenvalue weighted by atomic mass is 35.5. The summed E-state index contributed by atoms with van der Waals surface area (Å²) in [5.74, 6) is -1.54. The molecule has 0 heterocycles. The van der Waals surface area contributed by atoms with Gasteiger partial charge in [-0.3, -0.25) is 0 Å². The van der Waals surface area contributed by atoms with Crippen molar-refractivity contribution >= 4 is 45.9 Å². The van der Waals surface area contributed by atoms with Crippen LogP contribution in [0.1, 0.15) is 10.4 Å². The maximum Gasteiger partial charge on any atom is 0.341 e. The second-order valence-electron chi connectivity index (χ2n) is 4.13. The third-order valence-corrected chi connectivity index (χ3v) is 3.22. The molecule has 1 N–H and O–H groups in total. The number of fused-ring (bicyclic) bond motifs is 1. The van der Waals surface area contributed by atoms with Crippen LogP contribution in [0.3, 0.4) is 0 Å². The van der Waals surface area contributed by atoms with Gasteiger partial charge in [0, 0.05) is 10.4 Å². The van der Waals surface area contributed by atoms with Crippen LogP contribution < -0.4 is 4.74 Å². The molecule has 0 amide bonds. The summed E-state index contributed by atoms with van der Waals surface area (Å²) in [6, 6.07) is 6.04. The van der Waals surface area contributed by atoms with Crippen molar-refractivity contribution in [1.29, 1.82) is 0 Å². The summed E-state index contributed by atoms with van der Waals surface area (Å²) < 4.78 is 9.85. The third-order valence-electron chi connectivity index (χ3n) is 2.70. The van der Waals surface area contributed by atoms with E-state index in [-0.39, 0.29) is 11.3 Å². The molecular weight excluding hydrogens is 319 g/mol. The molecule has 0 aliphatic carbocycles. The monoisotopic (exact) mass is 328 g/mol. The van der Waals surface area contributed by atoms with E-state index in [1.165, 1.54) is 19.2 Å². The number of methoxy groups -OCH3 is 1. The average molecular weight is 329 g/mol. The second-order valence-corrected chi connectivity index (χ2v) is 4.98. The summed E-state index contributed by atoms with van der Waals surface area (Å²) >= 11 is 12.1. The number of hydrogen-bond acceptors (Lipinski definition) is 4. The number of benzene rings is 2. The minimum atomic E-state index is -1.14. The van der Waals surface area contributed by atoms with Crippen molar-refractivity contribution in [2.75, 3.05) is 13.7 Å². The van der Waals surface area contributed by atoms with Gasteiger partial charge in [0.25, 0.3) is 0 Å². The van der Waals surface area contributed by atoms with Crippen LogP contribution in [0, 0.1) is 0 Å². The zero-order chi connectivity index (χ0) is 15.6. The second kappa shape index (κ2) is 6.20. The number of carboxylic acids is 1. The Kier molecular flexibility index (Phi) is 4.55. The van der Waals surface area contributed by atoms with Gasteiger partial charge in [0.15, 0.2) is 6.61 Å². The SMILES string of the molecule is COC(=O)c1cc(OCC(=O)O)c2c(Cl)cc(Cl)cc2c1. The van der Waals surface area contributed by atoms with Gasteiger partial charge in [-0.25, -0.2) is 9.59 Å². The fraction of sp³-hybridized carbons (Fsp3) is 0.143. The lowest BCUT2D eigenvalue weighted by Gasteiger charge is -2.11. The Labute approximate surface area is 130 Å². The van der Waals surface area contributed by atoms with E-state index in [0.29, 0.717) is 20.8 Å². The Bertz CT molecular complexity index is 727. The predicted molar refractivity (Wildman–Crippen MR) is 78.4 cm³/mol. The smallest absolute Gasteiger partial charge is 0.341 e. The van der Waals surface area contributed by atoms with Crippen molar-refractivity contribution in [1.82, 2.24) is 0 Å². The number of esters is 1. The minimum absolute atomic E-state index is 0.178. The predicted octanol–water partition coefficient (Wildman–Crippen LogP) is 3.40. The first kappa shape index (κ1) is 15.4. The van der Waals surface area contributed by atoms with E-state index >= 15 is 0 Å². The van der Waals surface area contributed by atoms with Gasteiger partial charge in [-0.05, 0) is 29.7 Å². The van der Waals surface area contributed by atoms with Gasteiger partial charge in [0.05, 0.1) is 17.7 Å². The van der Waals surface area contributed by atoms with Crippen LogP contribution in [0.4, 0.5) is 0 Å². The van der Waals surface area contributed by atoms with Gasteiger partial charge in [-0.15, -0.1) is 0 Å². The highest BCUT2D eigenvalue weighted by Crippen LogP contribution is 2.36. The van der Waals surface area contributed by atoms with Crippen LogP contribution in [0.2, 0.25) is 10.0 Å². The quantitative estimate of drug-likeness (QED) is 0.871.